The molecule has 161 valence electrons. The standard InChI is InChI=1S/C19H17ClN5O5S/c1-27-11-3-4-13(20)14(7-11)30-15-10-22-17(16(21)26)25-18(15)28-5-6-29-19-23-8-12(31-2)9-24-19/h3-4,7-9H,5-6H2,1-2H3,(H2,21,26). The van der Waals surface area contributed by atoms with Crippen molar-refractivity contribution in [2.24, 2.45) is 5.73 Å². The minimum atomic E-state index is -0.842. The first-order valence-corrected chi connectivity index (χ1v) is 10.3. The van der Waals surface area contributed by atoms with Gasteiger partial charge in [0.25, 0.3) is 11.8 Å². The van der Waals surface area contributed by atoms with E-state index >= 15 is 0 Å². The molecule has 3 rings (SSSR count). The number of carbonyl (C=O) groups excluding carboxylic acids is 1. The topological polar surface area (TPSA) is 132 Å². The SMILES string of the molecule is COc1ccc(Cl)c(Oc2[c]nc(C(N)=O)nc2OCCOc2ncc(SC)cn2)c1. The number of thioether (sulfide) groups is 1. The van der Waals surface area contributed by atoms with Gasteiger partial charge in [-0.25, -0.2) is 15.0 Å². The number of aromatic nitrogens is 4. The third-order valence-electron chi connectivity index (χ3n) is 3.63. The van der Waals surface area contributed by atoms with Crippen LogP contribution in [0.4, 0.5) is 0 Å². The number of primary amides is 1. The molecule has 2 aromatic heterocycles. The zero-order valence-electron chi connectivity index (χ0n) is 16.5. The van der Waals surface area contributed by atoms with Gasteiger partial charge >= 0.3 is 6.01 Å². The average Bonchev–Trinajstić information content (AvgIpc) is 2.79. The maximum atomic E-state index is 11.4. The molecule has 0 aliphatic carbocycles. The normalized spacial score (nSPS) is 10.4. The fourth-order valence-electron chi connectivity index (χ4n) is 2.15. The minimum absolute atomic E-state index is 0.000673. The molecule has 12 heteroatoms. The smallest absolute Gasteiger partial charge is 0.316 e. The highest BCUT2D eigenvalue weighted by atomic mass is 35.5. The third kappa shape index (κ3) is 6.09. The molecule has 0 fully saturated rings. The van der Waals surface area contributed by atoms with E-state index in [0.717, 1.165) is 4.90 Å². The van der Waals surface area contributed by atoms with Gasteiger partial charge in [0, 0.05) is 23.4 Å². The number of amides is 1. The Hall–Kier alpha value is -3.31. The lowest BCUT2D eigenvalue weighted by Gasteiger charge is -2.13. The summed E-state index contributed by atoms with van der Waals surface area (Å²) in [7, 11) is 1.51. The Morgan fingerprint density at radius 3 is 2.65 bits per heavy atom. The van der Waals surface area contributed by atoms with Crippen molar-refractivity contribution in [1.29, 1.82) is 0 Å². The van der Waals surface area contributed by atoms with Gasteiger partial charge in [-0.15, -0.1) is 11.8 Å². The summed E-state index contributed by atoms with van der Waals surface area (Å²) in [4.78, 5) is 28.2. The predicted octanol–water partition coefficient (Wildman–Crippen LogP) is 2.80. The second kappa shape index (κ2) is 10.6. The highest BCUT2D eigenvalue weighted by Crippen LogP contribution is 2.35. The van der Waals surface area contributed by atoms with E-state index in [2.05, 4.69) is 26.1 Å². The van der Waals surface area contributed by atoms with E-state index in [0.29, 0.717) is 10.8 Å². The molecule has 0 atom stereocenters. The van der Waals surface area contributed by atoms with E-state index in [9.17, 15) is 4.79 Å². The van der Waals surface area contributed by atoms with Crippen LogP contribution in [0.3, 0.4) is 0 Å². The molecule has 31 heavy (non-hydrogen) atoms. The average molecular weight is 463 g/mol. The maximum absolute atomic E-state index is 11.4. The monoisotopic (exact) mass is 462 g/mol. The minimum Gasteiger partial charge on any atom is -0.497 e. The molecule has 0 bridgehead atoms. The second-order valence-electron chi connectivity index (χ2n) is 5.66. The lowest BCUT2D eigenvalue weighted by Crippen LogP contribution is -2.17. The molecule has 0 unspecified atom stereocenters. The number of carbonyl (C=O) groups is 1. The summed E-state index contributed by atoms with van der Waals surface area (Å²) >= 11 is 7.69. The van der Waals surface area contributed by atoms with E-state index in [1.807, 2.05) is 6.26 Å². The van der Waals surface area contributed by atoms with Gasteiger partial charge in [-0.05, 0) is 18.4 Å². The molecule has 3 aromatic rings. The van der Waals surface area contributed by atoms with Crippen LogP contribution in [0.5, 0.6) is 29.1 Å². The fourth-order valence-corrected chi connectivity index (χ4v) is 2.62. The largest absolute Gasteiger partial charge is 0.497 e. The summed E-state index contributed by atoms with van der Waals surface area (Å²) in [6.07, 6.45) is 7.76. The third-order valence-corrected chi connectivity index (χ3v) is 4.62. The molecular formula is C19H17ClN5O5S. The fraction of sp³-hybridized carbons (Fsp3) is 0.211. The van der Waals surface area contributed by atoms with Crippen molar-refractivity contribution in [1.82, 2.24) is 19.9 Å². The van der Waals surface area contributed by atoms with Gasteiger partial charge in [-0.3, -0.25) is 4.79 Å². The van der Waals surface area contributed by atoms with Crippen LogP contribution >= 0.6 is 23.4 Å². The van der Waals surface area contributed by atoms with Gasteiger partial charge in [0.15, 0.2) is 0 Å². The Balaban J connectivity index is 1.71. The number of rotatable bonds is 10. The van der Waals surface area contributed by atoms with Crippen LogP contribution in [0.25, 0.3) is 0 Å². The molecule has 0 aliphatic rings. The van der Waals surface area contributed by atoms with Crippen molar-refractivity contribution in [3.05, 3.63) is 47.6 Å². The van der Waals surface area contributed by atoms with Crippen molar-refractivity contribution in [3.8, 4) is 29.1 Å². The number of nitrogens with zero attached hydrogens (tertiary/aromatic N) is 4. The quantitative estimate of drug-likeness (QED) is 0.354. The molecular weight excluding hydrogens is 446 g/mol. The van der Waals surface area contributed by atoms with Crippen molar-refractivity contribution >= 4 is 29.3 Å². The highest BCUT2D eigenvalue weighted by molar-refractivity contribution is 7.98. The number of hydrogen-bond donors (Lipinski definition) is 1. The summed E-state index contributed by atoms with van der Waals surface area (Å²) < 4.78 is 21.9. The van der Waals surface area contributed by atoms with Crippen LogP contribution in [-0.2, 0) is 0 Å². The number of methoxy groups -OCH3 is 1. The van der Waals surface area contributed by atoms with E-state index in [-0.39, 0.29) is 42.4 Å². The molecule has 1 aromatic carbocycles. The van der Waals surface area contributed by atoms with Gasteiger partial charge in [0.2, 0.25) is 11.6 Å². The van der Waals surface area contributed by atoms with Crippen molar-refractivity contribution in [3.63, 3.8) is 0 Å². The van der Waals surface area contributed by atoms with E-state index in [1.54, 1.807) is 30.6 Å². The van der Waals surface area contributed by atoms with Crippen molar-refractivity contribution < 1.29 is 23.7 Å². The second-order valence-corrected chi connectivity index (χ2v) is 6.95. The maximum Gasteiger partial charge on any atom is 0.316 e. The number of benzene rings is 1. The molecule has 10 nitrogen and oxygen atoms in total. The highest BCUT2D eigenvalue weighted by Gasteiger charge is 2.16. The summed E-state index contributed by atoms with van der Waals surface area (Å²) in [5.74, 6) is -0.402. The van der Waals surface area contributed by atoms with Gasteiger partial charge in [0.05, 0.1) is 12.1 Å². The number of hydrogen-bond acceptors (Lipinski definition) is 10. The van der Waals surface area contributed by atoms with Gasteiger partial charge in [-0.1, -0.05) is 11.6 Å². The van der Waals surface area contributed by atoms with E-state index in [1.165, 1.54) is 18.9 Å². The van der Waals surface area contributed by atoms with Crippen LogP contribution in [0.2, 0.25) is 5.02 Å². The molecule has 2 N–H and O–H groups in total. The van der Waals surface area contributed by atoms with Gasteiger partial charge in [-0.2, -0.15) is 4.98 Å². The lowest BCUT2D eigenvalue weighted by molar-refractivity contribution is 0.0988. The number of nitrogens with two attached hydrogens (primary N) is 1. The van der Waals surface area contributed by atoms with Crippen LogP contribution in [0, 0.1) is 6.20 Å². The molecule has 2 heterocycles. The first-order chi connectivity index (χ1) is 15.0. The molecule has 0 spiro atoms. The molecule has 1 amide bonds. The van der Waals surface area contributed by atoms with Crippen LogP contribution < -0.4 is 24.7 Å². The van der Waals surface area contributed by atoms with Crippen LogP contribution in [0.1, 0.15) is 10.6 Å². The molecule has 0 saturated heterocycles. The van der Waals surface area contributed by atoms with E-state index in [4.69, 9.17) is 36.3 Å². The zero-order chi connectivity index (χ0) is 22.2. The first kappa shape index (κ1) is 22.4. The lowest BCUT2D eigenvalue weighted by atomic mass is 10.3. The number of halogens is 1. The summed E-state index contributed by atoms with van der Waals surface area (Å²) in [6, 6.07) is 5.05. The van der Waals surface area contributed by atoms with E-state index < -0.39 is 5.91 Å². The summed E-state index contributed by atoms with van der Waals surface area (Å²) in [5.41, 5.74) is 5.24. The van der Waals surface area contributed by atoms with Crippen LogP contribution in [0.15, 0.2) is 35.5 Å². The van der Waals surface area contributed by atoms with Crippen molar-refractivity contribution in [2.45, 2.75) is 4.90 Å². The Labute approximate surface area is 187 Å². The van der Waals surface area contributed by atoms with Gasteiger partial charge in [0.1, 0.15) is 30.9 Å². The Morgan fingerprint density at radius 1 is 1.23 bits per heavy atom. The summed E-state index contributed by atoms with van der Waals surface area (Å²) in [5, 5.41) is 0.313. The summed E-state index contributed by atoms with van der Waals surface area (Å²) in [6.45, 7) is 0.146. The predicted molar refractivity (Wildman–Crippen MR) is 112 cm³/mol. The molecule has 0 saturated carbocycles. The van der Waals surface area contributed by atoms with Crippen LogP contribution in [-0.4, -0.2) is 52.4 Å². The molecule has 0 aliphatic heterocycles. The Bertz CT molecular complexity index is 1050. The first-order valence-electron chi connectivity index (χ1n) is 8.72. The number of ether oxygens (including phenoxy) is 4. The molecule has 1 radical (unpaired) electrons. The zero-order valence-corrected chi connectivity index (χ0v) is 18.1. The van der Waals surface area contributed by atoms with Gasteiger partial charge < -0.3 is 24.7 Å². The Kier molecular flexibility index (Phi) is 7.68. The Morgan fingerprint density at radius 2 is 1.97 bits per heavy atom. The van der Waals surface area contributed by atoms with Crippen molar-refractivity contribution in [2.75, 3.05) is 26.6 Å².